The van der Waals surface area contributed by atoms with Crippen LogP contribution < -0.4 is 0 Å². The highest BCUT2D eigenvalue weighted by Gasteiger charge is 2.53. The number of carbonyl (C=O) groups excluding carboxylic acids is 4. The number of aromatic hydroxyl groups is 6. The Bertz CT molecular complexity index is 1430. The fraction of sp³-hybridized carbons (Fsp3) is 0.360. The number of hydrogen-bond donors (Lipinski definition) is 6. The molecule has 1 fully saturated rings. The van der Waals surface area contributed by atoms with Gasteiger partial charge in [-0.15, -0.1) is 0 Å². The Kier molecular flexibility index (Phi) is 7.72. The molecule has 2 aromatic carbocycles. The minimum Gasteiger partial charge on any atom is -0.504 e. The monoisotopic (exact) mass is 580 g/mol. The van der Waals surface area contributed by atoms with Crippen LogP contribution >= 0.6 is 0 Å². The summed E-state index contributed by atoms with van der Waals surface area (Å²) in [5.74, 6) is -11.3. The number of ether oxygens (including phenoxy) is 6. The van der Waals surface area contributed by atoms with Crippen molar-refractivity contribution in [3.8, 4) is 45.6 Å². The number of fused-ring (bicyclic) bond motifs is 5. The Balaban J connectivity index is 2.02. The number of rotatable bonds is 4. The van der Waals surface area contributed by atoms with Crippen molar-refractivity contribution in [2.75, 3.05) is 13.7 Å². The van der Waals surface area contributed by atoms with Gasteiger partial charge < -0.3 is 59.1 Å². The van der Waals surface area contributed by atoms with Crippen molar-refractivity contribution in [1.82, 2.24) is 0 Å². The van der Waals surface area contributed by atoms with E-state index in [0.717, 1.165) is 21.0 Å². The minimum atomic E-state index is -1.73. The summed E-state index contributed by atoms with van der Waals surface area (Å²) >= 11 is 0. The molecule has 2 heterocycles. The van der Waals surface area contributed by atoms with Crippen molar-refractivity contribution in [3.05, 3.63) is 23.3 Å². The zero-order chi connectivity index (χ0) is 30.3. The predicted octanol–water partition coefficient (Wildman–Crippen LogP) is 0.518. The largest absolute Gasteiger partial charge is 0.504 e. The summed E-state index contributed by atoms with van der Waals surface area (Å²) in [5, 5.41) is 62.2. The van der Waals surface area contributed by atoms with E-state index in [4.69, 9.17) is 28.4 Å². The Morgan fingerprint density at radius 1 is 0.780 bits per heavy atom. The van der Waals surface area contributed by atoms with Crippen LogP contribution in [0.25, 0.3) is 11.1 Å². The summed E-state index contributed by atoms with van der Waals surface area (Å²) < 4.78 is 32.3. The summed E-state index contributed by atoms with van der Waals surface area (Å²) in [6, 6.07) is 1.26. The zero-order valence-electron chi connectivity index (χ0n) is 21.5. The molecule has 2 aromatic rings. The van der Waals surface area contributed by atoms with E-state index in [2.05, 4.69) is 0 Å². The minimum absolute atomic E-state index is 0.576. The van der Waals surface area contributed by atoms with Gasteiger partial charge in [0.25, 0.3) is 0 Å². The highest BCUT2D eigenvalue weighted by Crippen LogP contribution is 2.53. The lowest BCUT2D eigenvalue weighted by molar-refractivity contribution is -0.294. The Morgan fingerprint density at radius 2 is 1.27 bits per heavy atom. The second kappa shape index (κ2) is 10.9. The quantitative estimate of drug-likeness (QED) is 0.164. The Morgan fingerprint density at radius 3 is 1.71 bits per heavy atom. The van der Waals surface area contributed by atoms with Gasteiger partial charge in [0.15, 0.2) is 35.2 Å². The Hall–Kier alpha value is -4.96. The van der Waals surface area contributed by atoms with Gasteiger partial charge in [-0.1, -0.05) is 0 Å². The first kappa shape index (κ1) is 29.0. The molecule has 0 unspecified atom stereocenters. The maximum Gasteiger partial charge on any atom is 0.339 e. The smallest absolute Gasteiger partial charge is 0.339 e. The maximum absolute atomic E-state index is 13.6. The molecular weight excluding hydrogens is 556 g/mol. The van der Waals surface area contributed by atoms with Gasteiger partial charge in [-0.3, -0.25) is 9.59 Å². The molecule has 2 bridgehead atoms. The fourth-order valence-corrected chi connectivity index (χ4v) is 4.50. The molecule has 6 N–H and O–H groups in total. The van der Waals surface area contributed by atoms with E-state index in [0.29, 0.717) is 12.1 Å². The van der Waals surface area contributed by atoms with Crippen LogP contribution in [0.2, 0.25) is 0 Å². The van der Waals surface area contributed by atoms with E-state index in [1.807, 2.05) is 0 Å². The molecule has 0 amide bonds. The van der Waals surface area contributed by atoms with Gasteiger partial charge >= 0.3 is 23.9 Å². The molecule has 16 heteroatoms. The lowest BCUT2D eigenvalue weighted by Crippen LogP contribution is -2.62. The van der Waals surface area contributed by atoms with Gasteiger partial charge in [0.1, 0.15) is 18.8 Å². The van der Waals surface area contributed by atoms with Crippen molar-refractivity contribution in [2.45, 2.75) is 44.6 Å². The maximum atomic E-state index is 13.6. The van der Waals surface area contributed by atoms with Crippen molar-refractivity contribution in [3.63, 3.8) is 0 Å². The summed E-state index contributed by atoms with van der Waals surface area (Å²) in [5.41, 5.74) is -3.17. The lowest BCUT2D eigenvalue weighted by Gasteiger charge is -2.43. The molecule has 0 spiro atoms. The van der Waals surface area contributed by atoms with Gasteiger partial charge in [-0.2, -0.15) is 0 Å². The first-order valence-corrected chi connectivity index (χ1v) is 11.7. The van der Waals surface area contributed by atoms with E-state index in [9.17, 15) is 49.8 Å². The molecule has 0 radical (unpaired) electrons. The second-order valence-corrected chi connectivity index (χ2v) is 8.93. The number of esters is 4. The van der Waals surface area contributed by atoms with E-state index >= 15 is 0 Å². The molecule has 2 aliphatic rings. The molecule has 0 saturated carbocycles. The summed E-state index contributed by atoms with van der Waals surface area (Å²) in [7, 11) is 1.12. The fourth-order valence-electron chi connectivity index (χ4n) is 4.50. The van der Waals surface area contributed by atoms with Crippen LogP contribution in [0.15, 0.2) is 12.1 Å². The van der Waals surface area contributed by atoms with Gasteiger partial charge in [-0.05, 0) is 12.1 Å². The normalized spacial score (nSPS) is 23.6. The number of methoxy groups -OCH3 is 1. The van der Waals surface area contributed by atoms with Crippen molar-refractivity contribution in [2.24, 2.45) is 0 Å². The number of phenolic OH excluding ortho intramolecular Hbond substituents is 6. The average Bonchev–Trinajstić information content (AvgIpc) is 2.91. The average molecular weight is 580 g/mol. The molecule has 5 atom stereocenters. The van der Waals surface area contributed by atoms with Crippen LogP contribution in [0.1, 0.15) is 34.6 Å². The SMILES string of the molecule is CO[C@@H]1[C@H]2OC(=O)c3cc(O)c(O)c(O)c3-c3c(cc(O)c(O)c3O)C(=O)O[C@@H]1[C@@H](COC(C)=O)O[C@H]2OC(C)=O. The van der Waals surface area contributed by atoms with Crippen LogP contribution in [0.5, 0.6) is 34.5 Å². The summed E-state index contributed by atoms with van der Waals surface area (Å²) in [6.07, 6.45) is -7.90. The third-order valence-corrected chi connectivity index (χ3v) is 6.28. The van der Waals surface area contributed by atoms with Gasteiger partial charge in [-0.25, -0.2) is 9.59 Å². The van der Waals surface area contributed by atoms with Crippen LogP contribution in [-0.2, 0) is 38.0 Å². The molecule has 4 rings (SSSR count). The number of benzene rings is 2. The molecule has 41 heavy (non-hydrogen) atoms. The van der Waals surface area contributed by atoms with Crippen LogP contribution in [-0.4, -0.2) is 98.9 Å². The molecule has 2 aliphatic heterocycles. The molecule has 1 saturated heterocycles. The van der Waals surface area contributed by atoms with E-state index < -0.39 is 118 Å². The number of carbonyl (C=O) groups is 4. The first-order chi connectivity index (χ1) is 19.3. The van der Waals surface area contributed by atoms with Gasteiger partial charge in [0.05, 0.1) is 11.1 Å². The number of phenols is 6. The third kappa shape index (κ3) is 5.17. The van der Waals surface area contributed by atoms with Crippen molar-refractivity contribution >= 4 is 23.9 Å². The predicted molar refractivity (Wildman–Crippen MR) is 128 cm³/mol. The summed E-state index contributed by atoms with van der Waals surface area (Å²) in [6.45, 7) is 1.52. The van der Waals surface area contributed by atoms with E-state index in [1.165, 1.54) is 0 Å². The van der Waals surface area contributed by atoms with Gasteiger partial charge in [0.2, 0.25) is 17.8 Å². The van der Waals surface area contributed by atoms with Crippen LogP contribution in [0.3, 0.4) is 0 Å². The van der Waals surface area contributed by atoms with Crippen molar-refractivity contribution in [1.29, 1.82) is 0 Å². The number of hydrogen-bond acceptors (Lipinski definition) is 16. The second-order valence-electron chi connectivity index (χ2n) is 8.93. The topological polar surface area (TPSA) is 245 Å². The molecule has 0 aromatic heterocycles. The van der Waals surface area contributed by atoms with E-state index in [-0.39, 0.29) is 0 Å². The highest BCUT2D eigenvalue weighted by atomic mass is 16.7. The highest BCUT2D eigenvalue weighted by molar-refractivity contribution is 6.08. The Labute approximate surface area is 229 Å². The lowest BCUT2D eigenvalue weighted by atomic mass is 9.92. The molecular formula is C25H24O16. The van der Waals surface area contributed by atoms with Crippen molar-refractivity contribution < 1.29 is 78.2 Å². The zero-order valence-corrected chi connectivity index (χ0v) is 21.5. The molecule has 16 nitrogen and oxygen atoms in total. The first-order valence-electron chi connectivity index (χ1n) is 11.7. The van der Waals surface area contributed by atoms with Gasteiger partial charge in [0, 0.05) is 32.1 Å². The molecule has 220 valence electrons. The van der Waals surface area contributed by atoms with Crippen LogP contribution in [0.4, 0.5) is 0 Å². The van der Waals surface area contributed by atoms with E-state index in [1.54, 1.807) is 0 Å². The van der Waals surface area contributed by atoms with Crippen LogP contribution in [0, 0.1) is 0 Å². The third-order valence-electron chi connectivity index (χ3n) is 6.28. The molecule has 0 aliphatic carbocycles. The standard InChI is InChI=1S/C25H24O16/c1-7(26)37-6-13-20-21(36-3)22(25(39-13)38-8(2)27)41-24(35)10-5-12(29)17(31)19(33)15(10)14-9(23(34)40-20)4-11(28)16(30)18(14)32/h4-5,13,20-22,25,28-33H,6H2,1-3H3/t13-,20-,21+,22-,25-/m1/s1. The summed E-state index contributed by atoms with van der Waals surface area (Å²) in [4.78, 5) is 50.5.